The molecule has 1 aromatic carbocycles. The molecule has 6 heteroatoms. The molecule has 0 saturated carbocycles. The van der Waals surface area contributed by atoms with Crippen LogP contribution in [-0.2, 0) is 14.3 Å². The monoisotopic (exact) mass is 256 g/mol. The van der Waals surface area contributed by atoms with Gasteiger partial charge >= 0.3 is 0 Å². The molecule has 0 radical (unpaired) electrons. The van der Waals surface area contributed by atoms with Gasteiger partial charge in [0.1, 0.15) is 12.6 Å². The van der Waals surface area contributed by atoms with Crippen molar-refractivity contribution in [3.05, 3.63) is 34.9 Å². The van der Waals surface area contributed by atoms with Crippen LogP contribution in [0, 0.1) is 0 Å². The molecule has 0 saturated heterocycles. The van der Waals surface area contributed by atoms with Gasteiger partial charge in [-0.15, -0.1) is 0 Å². The fraction of sp³-hybridized carbons (Fsp3) is 0.273. The highest BCUT2D eigenvalue weighted by Crippen LogP contribution is 2.16. The Morgan fingerprint density at radius 1 is 1.41 bits per heavy atom. The molecule has 2 amide bonds. The van der Waals surface area contributed by atoms with Crippen molar-refractivity contribution in [2.75, 3.05) is 13.7 Å². The molecule has 0 spiro atoms. The number of primary amides is 1. The van der Waals surface area contributed by atoms with Crippen molar-refractivity contribution in [2.24, 2.45) is 5.73 Å². The lowest BCUT2D eigenvalue weighted by Gasteiger charge is -2.15. The minimum absolute atomic E-state index is 0.128. The standard InChI is InChI=1S/C11H13ClN2O3/c1-17-6-9(15)14-10(11(13)16)7-2-4-8(12)5-3-7/h2-5,10H,6H2,1H3,(H2,13,16)(H,14,15)/t10-/m0/s1. The number of carbonyl (C=O) groups excluding carboxylic acids is 2. The van der Waals surface area contributed by atoms with Gasteiger partial charge in [0.05, 0.1) is 0 Å². The molecule has 0 aromatic heterocycles. The molecule has 1 atom stereocenters. The first-order valence-electron chi connectivity index (χ1n) is 4.87. The average Bonchev–Trinajstić information content (AvgIpc) is 2.27. The first-order chi connectivity index (χ1) is 8.04. The molecule has 0 bridgehead atoms. The highest BCUT2D eigenvalue weighted by atomic mass is 35.5. The van der Waals surface area contributed by atoms with Crippen LogP contribution >= 0.6 is 11.6 Å². The van der Waals surface area contributed by atoms with Crippen LogP contribution in [0.5, 0.6) is 0 Å². The molecule has 0 fully saturated rings. The SMILES string of the molecule is COCC(=O)N[C@H](C(N)=O)c1ccc(Cl)cc1. The number of nitrogens with one attached hydrogen (secondary N) is 1. The lowest BCUT2D eigenvalue weighted by Crippen LogP contribution is -2.39. The van der Waals surface area contributed by atoms with Gasteiger partial charge in [-0.25, -0.2) is 0 Å². The van der Waals surface area contributed by atoms with E-state index in [-0.39, 0.29) is 6.61 Å². The number of benzene rings is 1. The molecule has 1 aromatic rings. The van der Waals surface area contributed by atoms with Crippen LogP contribution in [0.1, 0.15) is 11.6 Å². The van der Waals surface area contributed by atoms with Gasteiger partial charge in [-0.05, 0) is 17.7 Å². The summed E-state index contributed by atoms with van der Waals surface area (Å²) in [6, 6.07) is 5.62. The highest BCUT2D eigenvalue weighted by molar-refractivity contribution is 6.30. The number of methoxy groups -OCH3 is 1. The quantitative estimate of drug-likeness (QED) is 0.811. The number of hydrogen-bond acceptors (Lipinski definition) is 3. The van der Waals surface area contributed by atoms with Crippen LogP contribution < -0.4 is 11.1 Å². The second kappa shape index (κ2) is 6.22. The molecule has 0 unspecified atom stereocenters. The van der Waals surface area contributed by atoms with Crippen molar-refractivity contribution in [3.8, 4) is 0 Å². The first-order valence-corrected chi connectivity index (χ1v) is 5.25. The van der Waals surface area contributed by atoms with E-state index in [1.807, 2.05) is 0 Å². The Labute approximate surface area is 104 Å². The van der Waals surface area contributed by atoms with Gasteiger partial charge in [0.25, 0.3) is 0 Å². The molecule has 92 valence electrons. The number of ether oxygens (including phenoxy) is 1. The maximum absolute atomic E-state index is 11.3. The van der Waals surface area contributed by atoms with Crippen molar-refractivity contribution in [1.82, 2.24) is 5.32 Å². The lowest BCUT2D eigenvalue weighted by atomic mass is 10.1. The maximum Gasteiger partial charge on any atom is 0.246 e. The first kappa shape index (κ1) is 13.5. The zero-order chi connectivity index (χ0) is 12.8. The van der Waals surface area contributed by atoms with Gasteiger partial charge in [0.15, 0.2) is 0 Å². The van der Waals surface area contributed by atoms with E-state index >= 15 is 0 Å². The normalized spacial score (nSPS) is 11.9. The molecule has 3 N–H and O–H groups in total. The zero-order valence-electron chi connectivity index (χ0n) is 9.27. The van der Waals surface area contributed by atoms with Crippen LogP contribution in [0.15, 0.2) is 24.3 Å². The molecule has 0 heterocycles. The van der Waals surface area contributed by atoms with E-state index in [1.165, 1.54) is 7.11 Å². The van der Waals surface area contributed by atoms with Crippen LogP contribution in [0.4, 0.5) is 0 Å². The summed E-state index contributed by atoms with van der Waals surface area (Å²) in [5, 5.41) is 3.01. The molecular formula is C11H13ClN2O3. The van der Waals surface area contributed by atoms with Crippen LogP contribution in [0.2, 0.25) is 5.02 Å². The Balaban J connectivity index is 2.82. The molecule has 17 heavy (non-hydrogen) atoms. The molecule has 0 aliphatic heterocycles. The van der Waals surface area contributed by atoms with E-state index in [0.29, 0.717) is 10.6 Å². The minimum Gasteiger partial charge on any atom is -0.375 e. The van der Waals surface area contributed by atoms with E-state index in [4.69, 9.17) is 17.3 Å². The third-order valence-corrected chi connectivity index (χ3v) is 2.32. The molecule has 5 nitrogen and oxygen atoms in total. The fourth-order valence-electron chi connectivity index (χ4n) is 1.31. The summed E-state index contributed by atoms with van der Waals surface area (Å²) in [6.45, 7) is -0.128. The van der Waals surface area contributed by atoms with Crippen molar-refractivity contribution in [1.29, 1.82) is 0 Å². The average molecular weight is 257 g/mol. The summed E-state index contributed by atoms with van der Waals surface area (Å²) in [4.78, 5) is 22.6. The minimum atomic E-state index is -0.880. The topological polar surface area (TPSA) is 81.4 Å². The molecular weight excluding hydrogens is 244 g/mol. The zero-order valence-corrected chi connectivity index (χ0v) is 10.0. The van der Waals surface area contributed by atoms with Crippen molar-refractivity contribution in [2.45, 2.75) is 6.04 Å². The summed E-state index contributed by atoms with van der Waals surface area (Å²) in [5.41, 5.74) is 5.80. The van der Waals surface area contributed by atoms with E-state index in [0.717, 1.165) is 0 Å². The Kier molecular flexibility index (Phi) is 4.93. The van der Waals surface area contributed by atoms with Gasteiger partial charge in [-0.3, -0.25) is 9.59 Å². The summed E-state index contributed by atoms with van der Waals surface area (Å²) < 4.78 is 4.65. The summed E-state index contributed by atoms with van der Waals surface area (Å²) in [6.07, 6.45) is 0. The second-order valence-electron chi connectivity index (χ2n) is 3.39. The largest absolute Gasteiger partial charge is 0.375 e. The Hall–Kier alpha value is -1.59. The molecule has 0 aliphatic rings. The lowest BCUT2D eigenvalue weighted by molar-refractivity contribution is -0.129. The number of carbonyl (C=O) groups is 2. The molecule has 1 rings (SSSR count). The van der Waals surface area contributed by atoms with E-state index in [9.17, 15) is 9.59 Å². The van der Waals surface area contributed by atoms with E-state index in [1.54, 1.807) is 24.3 Å². The number of rotatable bonds is 5. The fourth-order valence-corrected chi connectivity index (χ4v) is 1.43. The number of amides is 2. The summed E-state index contributed by atoms with van der Waals surface area (Å²) >= 11 is 5.73. The van der Waals surface area contributed by atoms with Crippen LogP contribution in [0.3, 0.4) is 0 Å². The summed E-state index contributed by atoms with van der Waals surface area (Å²) in [5.74, 6) is -1.05. The van der Waals surface area contributed by atoms with E-state index < -0.39 is 17.9 Å². The molecule has 0 aliphatic carbocycles. The summed E-state index contributed by atoms with van der Waals surface area (Å²) in [7, 11) is 1.39. The van der Waals surface area contributed by atoms with Crippen molar-refractivity contribution < 1.29 is 14.3 Å². The maximum atomic E-state index is 11.3. The van der Waals surface area contributed by atoms with Gasteiger partial charge in [0, 0.05) is 12.1 Å². The number of halogens is 1. The third-order valence-electron chi connectivity index (χ3n) is 2.07. The smallest absolute Gasteiger partial charge is 0.246 e. The number of hydrogen-bond donors (Lipinski definition) is 2. The highest BCUT2D eigenvalue weighted by Gasteiger charge is 2.19. The Morgan fingerprint density at radius 2 is 2.00 bits per heavy atom. The van der Waals surface area contributed by atoms with Crippen molar-refractivity contribution in [3.63, 3.8) is 0 Å². The second-order valence-corrected chi connectivity index (χ2v) is 3.82. The van der Waals surface area contributed by atoms with Crippen LogP contribution in [-0.4, -0.2) is 25.5 Å². The van der Waals surface area contributed by atoms with Crippen molar-refractivity contribution >= 4 is 23.4 Å². The predicted octanol–water partition coefficient (Wildman–Crippen LogP) is 0.629. The van der Waals surface area contributed by atoms with Gasteiger partial charge < -0.3 is 15.8 Å². The predicted molar refractivity (Wildman–Crippen MR) is 63.4 cm³/mol. The third kappa shape index (κ3) is 4.05. The number of nitrogens with two attached hydrogens (primary N) is 1. The van der Waals surface area contributed by atoms with Crippen LogP contribution in [0.25, 0.3) is 0 Å². The van der Waals surface area contributed by atoms with Gasteiger partial charge in [-0.2, -0.15) is 0 Å². The van der Waals surface area contributed by atoms with E-state index in [2.05, 4.69) is 10.1 Å². The Bertz CT molecular complexity index is 406. The van der Waals surface area contributed by atoms with Gasteiger partial charge in [-0.1, -0.05) is 23.7 Å². The Morgan fingerprint density at radius 3 is 2.47 bits per heavy atom. The van der Waals surface area contributed by atoms with Gasteiger partial charge in [0.2, 0.25) is 11.8 Å².